The third-order valence-electron chi connectivity index (χ3n) is 5.39. The van der Waals surface area contributed by atoms with Crippen LogP contribution in [0.1, 0.15) is 81.4 Å². The zero-order valence-corrected chi connectivity index (χ0v) is 28.6. The highest BCUT2D eigenvalue weighted by Gasteiger charge is 2.27. The van der Waals surface area contributed by atoms with Crippen molar-refractivity contribution in [3.8, 4) is 0 Å². The van der Waals surface area contributed by atoms with Gasteiger partial charge in [0, 0.05) is 48.4 Å². The van der Waals surface area contributed by atoms with Crippen molar-refractivity contribution >= 4 is 24.4 Å². The summed E-state index contributed by atoms with van der Waals surface area (Å²) in [4.78, 5) is 14.3. The Balaban J connectivity index is -0.00000144. The Kier molecular flexibility index (Phi) is 31.1. The highest BCUT2D eigenvalue weighted by Crippen LogP contribution is 2.34. The molecule has 2 atom stereocenters. The van der Waals surface area contributed by atoms with Gasteiger partial charge in [-0.05, 0) is 49.6 Å². The smallest absolute Gasteiger partial charge is 0.0951 e. The fourth-order valence-corrected chi connectivity index (χ4v) is 4.26. The number of hydrogen-bond donors (Lipinski definition) is 1. The molecule has 41 heavy (non-hydrogen) atoms. The summed E-state index contributed by atoms with van der Waals surface area (Å²) in [6.45, 7) is 36.7. The molecule has 0 bridgehead atoms. The Labute approximate surface area is 258 Å². The van der Waals surface area contributed by atoms with Crippen molar-refractivity contribution in [1.82, 2.24) is 14.3 Å². The predicted octanol–water partition coefficient (Wildman–Crippen LogP) is 10.4. The summed E-state index contributed by atoms with van der Waals surface area (Å²) in [6, 6.07) is 0. The molecule has 1 N–H and O–H groups in total. The Morgan fingerprint density at radius 1 is 1.05 bits per heavy atom. The van der Waals surface area contributed by atoms with E-state index in [0.717, 1.165) is 37.3 Å². The van der Waals surface area contributed by atoms with Crippen LogP contribution < -0.4 is 4.72 Å². The highest BCUT2D eigenvalue weighted by molar-refractivity contribution is 8.01. The molecule has 0 radical (unpaired) electrons. The zero-order chi connectivity index (χ0) is 32.1. The third kappa shape index (κ3) is 17.5. The minimum absolute atomic E-state index is 0.258. The molecule has 0 aliphatic carbocycles. The SMILES string of the molecule is C=C/C=C(\N=C)C1=NC=C(SNCCc2cncn2CC(/C=C\CC)=C/C=C)[C@@H](C)C1C.C=CC.CC.CC.CC. The van der Waals surface area contributed by atoms with E-state index in [1.165, 1.54) is 16.2 Å². The number of nitrogens with zero attached hydrogens (tertiary/aromatic N) is 4. The van der Waals surface area contributed by atoms with Crippen LogP contribution >= 0.6 is 11.9 Å². The molecule has 230 valence electrons. The average Bonchev–Trinajstić information content (AvgIpc) is 3.45. The van der Waals surface area contributed by atoms with E-state index in [9.17, 15) is 0 Å². The summed E-state index contributed by atoms with van der Waals surface area (Å²) in [7, 11) is 0. The largest absolute Gasteiger partial charge is 0.330 e. The van der Waals surface area contributed by atoms with E-state index in [4.69, 9.17) is 0 Å². The second-order valence-corrected chi connectivity index (χ2v) is 8.99. The Hall–Kier alpha value is -2.96. The fraction of sp³-hybridized carbons (Fsp3) is 0.457. The van der Waals surface area contributed by atoms with Crippen LogP contribution in [0.3, 0.4) is 0 Å². The Morgan fingerprint density at radius 3 is 2.20 bits per heavy atom. The van der Waals surface area contributed by atoms with Crippen LogP contribution in [0, 0.1) is 11.8 Å². The van der Waals surface area contributed by atoms with E-state index in [1.807, 2.05) is 79.3 Å². The number of allylic oxidation sites excluding steroid dienone is 10. The second-order valence-electron chi connectivity index (χ2n) is 8.02. The van der Waals surface area contributed by atoms with Gasteiger partial charge in [-0.15, -0.1) is 6.58 Å². The number of nitrogens with one attached hydrogen (secondary N) is 1. The van der Waals surface area contributed by atoms with Crippen molar-refractivity contribution in [2.75, 3.05) is 6.54 Å². The highest BCUT2D eigenvalue weighted by atomic mass is 32.2. The molecule has 0 saturated carbocycles. The first kappa shape index (κ1) is 42.5. The first-order chi connectivity index (χ1) is 20.0. The van der Waals surface area contributed by atoms with E-state index in [2.05, 4.69) is 89.7 Å². The summed E-state index contributed by atoms with van der Waals surface area (Å²) >= 11 is 1.66. The molecule has 1 aliphatic heterocycles. The lowest BCUT2D eigenvalue weighted by Gasteiger charge is -2.27. The van der Waals surface area contributed by atoms with E-state index in [1.54, 1.807) is 24.1 Å². The topological polar surface area (TPSA) is 54.6 Å². The maximum atomic E-state index is 4.66. The van der Waals surface area contributed by atoms with E-state index >= 15 is 0 Å². The lowest BCUT2D eigenvalue weighted by Crippen LogP contribution is -2.25. The summed E-state index contributed by atoms with van der Waals surface area (Å²) in [5.41, 5.74) is 4.17. The number of imidazole rings is 1. The first-order valence-corrected chi connectivity index (χ1v) is 15.8. The minimum atomic E-state index is 0.258. The molecule has 2 heterocycles. The molecule has 0 spiro atoms. The summed E-state index contributed by atoms with van der Waals surface area (Å²) in [6.07, 6.45) is 21.2. The van der Waals surface area contributed by atoms with Crippen molar-refractivity contribution in [2.24, 2.45) is 21.8 Å². The number of aliphatic imine (C=N–C) groups is 2. The average molecular weight is 582 g/mol. The van der Waals surface area contributed by atoms with Crippen LogP contribution in [0.5, 0.6) is 0 Å². The fourth-order valence-electron chi connectivity index (χ4n) is 3.39. The molecule has 0 amide bonds. The summed E-state index contributed by atoms with van der Waals surface area (Å²) < 4.78 is 5.69. The molecular formula is C35H59N5S. The third-order valence-corrected chi connectivity index (χ3v) is 6.46. The van der Waals surface area contributed by atoms with Crippen LogP contribution in [0.15, 0.2) is 107 Å². The van der Waals surface area contributed by atoms with Gasteiger partial charge in [-0.3, -0.25) is 14.7 Å². The van der Waals surface area contributed by atoms with Gasteiger partial charge in [0.05, 0.1) is 17.7 Å². The lowest BCUT2D eigenvalue weighted by atomic mass is 9.87. The molecule has 5 nitrogen and oxygen atoms in total. The molecule has 1 unspecified atom stereocenters. The predicted molar refractivity (Wildman–Crippen MR) is 191 cm³/mol. The quantitative estimate of drug-likeness (QED) is 0.0829. The molecule has 6 heteroatoms. The molecule has 1 aromatic rings. The van der Waals surface area contributed by atoms with Crippen LogP contribution in [0.2, 0.25) is 0 Å². The van der Waals surface area contributed by atoms with Crippen LogP contribution in [-0.2, 0) is 13.0 Å². The van der Waals surface area contributed by atoms with Gasteiger partial charge in [0.15, 0.2) is 0 Å². The van der Waals surface area contributed by atoms with Crippen molar-refractivity contribution in [3.63, 3.8) is 0 Å². The summed E-state index contributed by atoms with van der Waals surface area (Å²) in [5.74, 6) is 0.603. The standard InChI is InChI=1S/C26H35N5S.C3H6.3C2H6/c1-7-10-13-22(11-8-2)18-31-19-28-16-23(31)14-15-30-32-25-17-29-26(21(5)20(25)4)24(27-6)12-9-3;1-3-2;3*1-2/h8-13,16-17,19-21,30H,2-3,6-7,14-15,18H2,1,4-5H3;3H,1H2,2H3;3*1-2H3/b13-10-,22-11+,24-12-;;;;/t20-,21?;;;;/m0..../s1. The van der Waals surface area contributed by atoms with Gasteiger partial charge in [-0.1, -0.05) is 112 Å². The van der Waals surface area contributed by atoms with Crippen LogP contribution in [-0.4, -0.2) is 28.5 Å². The monoisotopic (exact) mass is 581 g/mol. The minimum Gasteiger partial charge on any atom is -0.330 e. The van der Waals surface area contributed by atoms with Crippen molar-refractivity contribution in [3.05, 3.63) is 103 Å². The molecule has 1 aliphatic rings. The maximum Gasteiger partial charge on any atom is 0.0951 e. The number of rotatable bonds is 13. The number of hydrogen-bond acceptors (Lipinski definition) is 5. The maximum absolute atomic E-state index is 4.66. The zero-order valence-electron chi connectivity index (χ0n) is 27.8. The van der Waals surface area contributed by atoms with Crippen LogP contribution in [0.4, 0.5) is 0 Å². The van der Waals surface area contributed by atoms with Crippen molar-refractivity contribution < 1.29 is 0 Å². The Bertz CT molecular complexity index is 992. The van der Waals surface area contributed by atoms with Crippen molar-refractivity contribution in [2.45, 2.75) is 88.6 Å². The van der Waals surface area contributed by atoms with Gasteiger partial charge >= 0.3 is 0 Å². The second kappa shape index (κ2) is 30.0. The molecule has 0 aromatic carbocycles. The first-order valence-electron chi connectivity index (χ1n) is 15.0. The molecular weight excluding hydrogens is 522 g/mol. The van der Waals surface area contributed by atoms with Gasteiger partial charge in [0.25, 0.3) is 0 Å². The molecule has 0 fully saturated rings. The van der Waals surface area contributed by atoms with E-state index < -0.39 is 0 Å². The molecule has 0 saturated heterocycles. The van der Waals surface area contributed by atoms with Crippen LogP contribution in [0.25, 0.3) is 0 Å². The molecule has 2 rings (SSSR count). The van der Waals surface area contributed by atoms with Crippen molar-refractivity contribution in [1.29, 1.82) is 0 Å². The van der Waals surface area contributed by atoms with Gasteiger partial charge in [-0.25, -0.2) is 4.98 Å². The normalized spacial score (nSPS) is 16.0. The number of aromatic nitrogens is 2. The summed E-state index contributed by atoms with van der Waals surface area (Å²) in [5, 5.41) is 0. The van der Waals surface area contributed by atoms with Gasteiger partial charge in [-0.2, -0.15) is 0 Å². The van der Waals surface area contributed by atoms with Gasteiger partial charge in [0.2, 0.25) is 0 Å². The molecule has 1 aromatic heterocycles. The van der Waals surface area contributed by atoms with Gasteiger partial charge < -0.3 is 4.57 Å². The Morgan fingerprint density at radius 2 is 1.66 bits per heavy atom. The van der Waals surface area contributed by atoms with E-state index in [0.29, 0.717) is 5.92 Å². The lowest BCUT2D eigenvalue weighted by molar-refractivity contribution is 0.571. The van der Waals surface area contributed by atoms with Gasteiger partial charge in [0.1, 0.15) is 0 Å². The van der Waals surface area contributed by atoms with E-state index in [-0.39, 0.29) is 5.92 Å².